The van der Waals surface area contributed by atoms with E-state index >= 15 is 0 Å². The quantitative estimate of drug-likeness (QED) is 0.603. The molecule has 7 atom stereocenters. The van der Waals surface area contributed by atoms with E-state index in [4.69, 9.17) is 0 Å². The van der Waals surface area contributed by atoms with Crippen LogP contribution in [0.15, 0.2) is 0 Å². The summed E-state index contributed by atoms with van der Waals surface area (Å²) in [6.07, 6.45) is 9.37. The molecule has 0 saturated heterocycles. The van der Waals surface area contributed by atoms with E-state index in [0.29, 0.717) is 0 Å². The Labute approximate surface area is 93.8 Å². The van der Waals surface area contributed by atoms with Crippen molar-refractivity contribution < 1.29 is 0 Å². The molecule has 84 valence electrons. The average Bonchev–Trinajstić information content (AvgIpc) is 3.04. The molecule has 4 saturated carbocycles. The van der Waals surface area contributed by atoms with Gasteiger partial charge in [-0.15, -0.1) is 0 Å². The van der Waals surface area contributed by atoms with Gasteiger partial charge in [0.25, 0.3) is 0 Å². The van der Waals surface area contributed by atoms with Gasteiger partial charge in [0.05, 0.1) is 0 Å². The monoisotopic (exact) mass is 204 g/mol. The van der Waals surface area contributed by atoms with Gasteiger partial charge >= 0.3 is 0 Å². The summed E-state index contributed by atoms with van der Waals surface area (Å²) in [5.74, 6) is 6.90. The van der Waals surface area contributed by atoms with Crippen LogP contribution in [0.4, 0.5) is 0 Å². The summed E-state index contributed by atoms with van der Waals surface area (Å²) in [4.78, 5) is 0. The first-order valence-corrected chi connectivity index (χ1v) is 7.22. The highest BCUT2D eigenvalue weighted by Gasteiger charge is 2.69. The highest BCUT2D eigenvalue weighted by molar-refractivity contribution is 5.17. The fraction of sp³-hybridized carbons (Fsp3) is 1.00. The molecule has 0 radical (unpaired) electrons. The van der Waals surface area contributed by atoms with E-state index in [1.807, 2.05) is 0 Å². The van der Waals surface area contributed by atoms with Gasteiger partial charge in [-0.25, -0.2) is 0 Å². The van der Waals surface area contributed by atoms with Gasteiger partial charge in [0, 0.05) is 0 Å². The van der Waals surface area contributed by atoms with Crippen LogP contribution in [0.1, 0.15) is 52.4 Å². The molecule has 0 amide bonds. The fourth-order valence-corrected chi connectivity index (χ4v) is 5.83. The molecular weight excluding hydrogens is 180 g/mol. The minimum atomic E-state index is 0.814. The summed E-state index contributed by atoms with van der Waals surface area (Å²) >= 11 is 0. The van der Waals surface area contributed by atoms with Crippen molar-refractivity contribution in [3.63, 3.8) is 0 Å². The zero-order chi connectivity index (χ0) is 10.2. The molecule has 4 rings (SSSR count). The lowest BCUT2D eigenvalue weighted by atomic mass is 9.83. The predicted molar refractivity (Wildman–Crippen MR) is 62.4 cm³/mol. The lowest BCUT2D eigenvalue weighted by Crippen LogP contribution is -2.15. The Kier molecular flexibility index (Phi) is 1.59. The van der Waals surface area contributed by atoms with E-state index in [0.717, 1.165) is 29.1 Å². The fourth-order valence-electron chi connectivity index (χ4n) is 5.83. The molecule has 0 aromatic rings. The smallest absolute Gasteiger partial charge is 0.0261 e. The maximum atomic E-state index is 2.62. The maximum absolute atomic E-state index is 2.62. The lowest BCUT2D eigenvalue weighted by Gasteiger charge is -2.21. The Morgan fingerprint density at radius 2 is 2.00 bits per heavy atom. The van der Waals surface area contributed by atoms with E-state index < -0.39 is 0 Å². The van der Waals surface area contributed by atoms with Crippen molar-refractivity contribution in [1.82, 2.24) is 0 Å². The molecular formula is C15H24. The second-order valence-electron chi connectivity index (χ2n) is 7.33. The van der Waals surface area contributed by atoms with Crippen molar-refractivity contribution >= 4 is 0 Å². The molecule has 0 heterocycles. The van der Waals surface area contributed by atoms with Crippen LogP contribution in [0.25, 0.3) is 0 Å². The molecule has 0 aliphatic heterocycles. The van der Waals surface area contributed by atoms with Crippen LogP contribution in [0, 0.1) is 40.9 Å². The topological polar surface area (TPSA) is 0 Å². The zero-order valence-corrected chi connectivity index (χ0v) is 10.2. The molecule has 4 fully saturated rings. The van der Waals surface area contributed by atoms with Crippen molar-refractivity contribution in [3.05, 3.63) is 0 Å². The molecule has 0 N–H and O–H groups in total. The molecule has 0 bridgehead atoms. The first-order valence-electron chi connectivity index (χ1n) is 7.22. The van der Waals surface area contributed by atoms with Gasteiger partial charge in [-0.2, -0.15) is 0 Å². The van der Waals surface area contributed by atoms with Gasteiger partial charge in [-0.1, -0.05) is 26.7 Å². The maximum Gasteiger partial charge on any atom is -0.0261 e. The summed E-state index contributed by atoms with van der Waals surface area (Å²) in [5, 5.41) is 0. The Hall–Kier alpha value is 0. The summed E-state index contributed by atoms with van der Waals surface area (Å²) in [7, 11) is 0. The number of rotatable bonds is 1. The van der Waals surface area contributed by atoms with E-state index in [9.17, 15) is 0 Å². The largest absolute Gasteiger partial charge is 0.0622 e. The van der Waals surface area contributed by atoms with E-state index in [1.165, 1.54) is 24.7 Å². The van der Waals surface area contributed by atoms with Crippen LogP contribution in [-0.2, 0) is 0 Å². The van der Waals surface area contributed by atoms with Gasteiger partial charge in [0.1, 0.15) is 0 Å². The van der Waals surface area contributed by atoms with Crippen LogP contribution >= 0.6 is 0 Å². The Morgan fingerprint density at radius 3 is 2.60 bits per heavy atom. The van der Waals surface area contributed by atoms with Crippen LogP contribution in [-0.4, -0.2) is 0 Å². The molecule has 0 heteroatoms. The summed E-state index contributed by atoms with van der Waals surface area (Å²) in [6, 6.07) is 0. The third-order valence-electron chi connectivity index (χ3n) is 6.63. The van der Waals surface area contributed by atoms with Crippen molar-refractivity contribution in [1.29, 1.82) is 0 Å². The first-order chi connectivity index (χ1) is 7.22. The van der Waals surface area contributed by atoms with Crippen molar-refractivity contribution in [3.8, 4) is 0 Å². The van der Waals surface area contributed by atoms with E-state index in [2.05, 4.69) is 13.8 Å². The normalized spacial score (nSPS) is 66.0. The Bertz CT molecular complexity index is 292. The van der Waals surface area contributed by atoms with Gasteiger partial charge in [0.15, 0.2) is 0 Å². The number of hydrogen-bond acceptors (Lipinski definition) is 0. The SMILES string of the molecule is CC1CC2CC2C1C1C2CCCCC21C. The third kappa shape index (κ3) is 1.04. The van der Waals surface area contributed by atoms with Crippen molar-refractivity contribution in [2.45, 2.75) is 52.4 Å². The van der Waals surface area contributed by atoms with Crippen molar-refractivity contribution in [2.75, 3.05) is 0 Å². The Morgan fingerprint density at radius 1 is 1.13 bits per heavy atom. The second kappa shape index (κ2) is 2.63. The highest BCUT2D eigenvalue weighted by atomic mass is 14.7. The second-order valence-corrected chi connectivity index (χ2v) is 7.33. The number of hydrogen-bond donors (Lipinski definition) is 0. The Balaban J connectivity index is 1.59. The predicted octanol–water partition coefficient (Wildman–Crippen LogP) is 4.10. The average molecular weight is 204 g/mol. The van der Waals surface area contributed by atoms with Gasteiger partial charge in [-0.3, -0.25) is 0 Å². The molecule has 4 aliphatic rings. The summed E-state index contributed by atoms with van der Waals surface area (Å²) in [5.41, 5.74) is 0.814. The molecule has 0 spiro atoms. The lowest BCUT2D eigenvalue weighted by molar-refractivity contribution is 0.270. The number of fused-ring (bicyclic) bond motifs is 2. The van der Waals surface area contributed by atoms with E-state index in [1.54, 1.807) is 25.7 Å². The summed E-state index contributed by atoms with van der Waals surface area (Å²) in [6.45, 7) is 5.16. The molecule has 0 aromatic carbocycles. The zero-order valence-electron chi connectivity index (χ0n) is 10.2. The highest BCUT2D eigenvalue weighted by Crippen LogP contribution is 2.75. The minimum absolute atomic E-state index is 0.814. The summed E-state index contributed by atoms with van der Waals surface area (Å²) < 4.78 is 0. The first kappa shape index (κ1) is 9.07. The van der Waals surface area contributed by atoms with Crippen LogP contribution in [0.3, 0.4) is 0 Å². The minimum Gasteiger partial charge on any atom is -0.0622 e. The standard InChI is InChI=1S/C15H24/c1-9-7-10-8-11(10)13(9)14-12-5-3-4-6-15(12,14)2/h9-14H,3-8H2,1-2H3. The van der Waals surface area contributed by atoms with Crippen LogP contribution < -0.4 is 0 Å². The molecule has 0 nitrogen and oxygen atoms in total. The molecule has 4 aliphatic carbocycles. The molecule has 0 aromatic heterocycles. The molecule has 15 heavy (non-hydrogen) atoms. The van der Waals surface area contributed by atoms with Crippen molar-refractivity contribution in [2.24, 2.45) is 40.9 Å². The van der Waals surface area contributed by atoms with Crippen LogP contribution in [0.2, 0.25) is 0 Å². The third-order valence-corrected chi connectivity index (χ3v) is 6.63. The van der Waals surface area contributed by atoms with Gasteiger partial charge in [0.2, 0.25) is 0 Å². The van der Waals surface area contributed by atoms with Gasteiger partial charge in [-0.05, 0) is 66.6 Å². The van der Waals surface area contributed by atoms with E-state index in [-0.39, 0.29) is 0 Å². The van der Waals surface area contributed by atoms with Gasteiger partial charge < -0.3 is 0 Å². The molecule has 7 unspecified atom stereocenters. The van der Waals surface area contributed by atoms with Crippen LogP contribution in [0.5, 0.6) is 0 Å².